The highest BCUT2D eigenvalue weighted by molar-refractivity contribution is 6.51. The molecule has 1 atom stereocenters. The fourth-order valence-electron chi connectivity index (χ4n) is 4.90. The van der Waals surface area contributed by atoms with Crippen molar-refractivity contribution >= 4 is 23.1 Å². The first-order valence-electron chi connectivity index (χ1n) is 14.1. The van der Waals surface area contributed by atoms with Gasteiger partial charge in [0.25, 0.3) is 11.7 Å². The predicted molar refractivity (Wildman–Crippen MR) is 161 cm³/mol. The largest absolute Gasteiger partial charge is 0.507 e. The second kappa shape index (κ2) is 12.5. The quantitative estimate of drug-likeness (QED) is 0.161. The van der Waals surface area contributed by atoms with Crippen LogP contribution in [0.25, 0.3) is 5.76 Å². The standard InChI is InChI=1S/C34H39NO6/c1-7-19-41-25-12-10-11-24(20-25)35-30(22-13-15-23(16-14-22)34(4,5)6)29(32(37)33(35)38)31(36)27-18-17-26(39-8-2)21-28(27)40-9-3/h10-18,20-21,30,36H,7-9,19H2,1-6H3/b31-29-. The lowest BCUT2D eigenvalue weighted by Gasteiger charge is -2.27. The molecule has 0 aliphatic carbocycles. The molecule has 1 saturated heterocycles. The molecule has 0 radical (unpaired) electrons. The van der Waals surface area contributed by atoms with Crippen LogP contribution in [0.4, 0.5) is 5.69 Å². The molecule has 0 bridgehead atoms. The molecule has 0 spiro atoms. The molecule has 216 valence electrons. The molecule has 1 aliphatic heterocycles. The van der Waals surface area contributed by atoms with Crippen LogP contribution in [-0.4, -0.2) is 36.6 Å². The zero-order valence-electron chi connectivity index (χ0n) is 24.7. The Kier molecular flexibility index (Phi) is 9.06. The minimum absolute atomic E-state index is 0.0106. The number of hydrogen-bond donors (Lipinski definition) is 1. The Balaban J connectivity index is 1.92. The minimum Gasteiger partial charge on any atom is -0.507 e. The number of hydrogen-bond acceptors (Lipinski definition) is 6. The van der Waals surface area contributed by atoms with Gasteiger partial charge in [0.15, 0.2) is 0 Å². The number of rotatable bonds is 10. The normalized spacial score (nSPS) is 16.6. The van der Waals surface area contributed by atoms with Crippen molar-refractivity contribution in [2.75, 3.05) is 24.7 Å². The first-order valence-corrected chi connectivity index (χ1v) is 14.1. The predicted octanol–water partition coefficient (Wildman–Crippen LogP) is 7.20. The summed E-state index contributed by atoms with van der Waals surface area (Å²) in [4.78, 5) is 28.8. The van der Waals surface area contributed by atoms with Crippen LogP contribution in [0.15, 0.2) is 72.3 Å². The van der Waals surface area contributed by atoms with E-state index < -0.39 is 17.7 Å². The third-order valence-electron chi connectivity index (χ3n) is 6.92. The van der Waals surface area contributed by atoms with Gasteiger partial charge in [-0.3, -0.25) is 14.5 Å². The molecule has 7 heteroatoms. The molecule has 0 aromatic heterocycles. The van der Waals surface area contributed by atoms with Crippen LogP contribution in [0, 0.1) is 0 Å². The van der Waals surface area contributed by atoms with Crippen molar-refractivity contribution in [3.05, 3.63) is 89.0 Å². The number of benzene rings is 3. The summed E-state index contributed by atoms with van der Waals surface area (Å²) in [5.41, 5.74) is 2.52. The third kappa shape index (κ3) is 6.24. The number of ether oxygens (including phenoxy) is 3. The van der Waals surface area contributed by atoms with Gasteiger partial charge >= 0.3 is 0 Å². The molecule has 1 N–H and O–H groups in total. The van der Waals surface area contributed by atoms with Crippen LogP contribution in [-0.2, 0) is 15.0 Å². The lowest BCUT2D eigenvalue weighted by molar-refractivity contribution is -0.132. The molecule has 7 nitrogen and oxygen atoms in total. The van der Waals surface area contributed by atoms with Crippen molar-refractivity contribution < 1.29 is 28.9 Å². The summed E-state index contributed by atoms with van der Waals surface area (Å²) >= 11 is 0. The van der Waals surface area contributed by atoms with Gasteiger partial charge in [-0.1, -0.05) is 58.0 Å². The van der Waals surface area contributed by atoms with E-state index >= 15 is 0 Å². The van der Waals surface area contributed by atoms with Crippen LogP contribution >= 0.6 is 0 Å². The molecule has 3 aromatic carbocycles. The monoisotopic (exact) mass is 557 g/mol. The highest BCUT2D eigenvalue weighted by atomic mass is 16.5. The van der Waals surface area contributed by atoms with Crippen molar-refractivity contribution in [3.8, 4) is 17.2 Å². The first-order chi connectivity index (χ1) is 19.6. The number of nitrogens with zero attached hydrogens (tertiary/aromatic N) is 1. The summed E-state index contributed by atoms with van der Waals surface area (Å²) in [6.07, 6.45) is 0.832. The van der Waals surface area contributed by atoms with Gasteiger partial charge in [-0.15, -0.1) is 0 Å². The van der Waals surface area contributed by atoms with Crippen LogP contribution in [0.1, 0.15) is 70.7 Å². The zero-order valence-corrected chi connectivity index (χ0v) is 24.7. The Bertz CT molecular complexity index is 1430. The smallest absolute Gasteiger partial charge is 0.300 e. The van der Waals surface area contributed by atoms with E-state index in [2.05, 4.69) is 20.8 Å². The summed E-state index contributed by atoms with van der Waals surface area (Å²) in [6, 6.07) is 19.1. The Morgan fingerprint density at radius 2 is 1.54 bits per heavy atom. The van der Waals surface area contributed by atoms with E-state index in [-0.39, 0.29) is 16.7 Å². The molecule has 0 saturated carbocycles. The van der Waals surface area contributed by atoms with Gasteiger partial charge in [0.1, 0.15) is 23.0 Å². The van der Waals surface area contributed by atoms with Crippen molar-refractivity contribution in [1.29, 1.82) is 0 Å². The Labute approximate surface area is 242 Å². The van der Waals surface area contributed by atoms with Crippen molar-refractivity contribution in [3.63, 3.8) is 0 Å². The van der Waals surface area contributed by atoms with E-state index in [0.717, 1.165) is 12.0 Å². The number of amides is 1. The topological polar surface area (TPSA) is 85.3 Å². The third-order valence-corrected chi connectivity index (χ3v) is 6.92. The highest BCUT2D eigenvalue weighted by Crippen LogP contribution is 2.44. The van der Waals surface area contributed by atoms with E-state index in [1.165, 1.54) is 4.90 Å². The highest BCUT2D eigenvalue weighted by Gasteiger charge is 2.47. The van der Waals surface area contributed by atoms with Crippen LogP contribution in [0.3, 0.4) is 0 Å². The second-order valence-electron chi connectivity index (χ2n) is 10.9. The molecule has 3 aromatic rings. The van der Waals surface area contributed by atoms with E-state index in [9.17, 15) is 14.7 Å². The number of aliphatic hydroxyl groups is 1. The molecule has 1 fully saturated rings. The van der Waals surface area contributed by atoms with Gasteiger partial charge in [-0.05, 0) is 61.1 Å². The molecular formula is C34H39NO6. The van der Waals surface area contributed by atoms with Gasteiger partial charge in [-0.25, -0.2) is 0 Å². The SMILES string of the molecule is CCCOc1cccc(N2C(=O)C(=O)/C(=C(\O)c3ccc(OCC)cc3OCC)C2c2ccc(C(C)(C)C)cc2)c1. The molecular weight excluding hydrogens is 518 g/mol. The van der Waals surface area contributed by atoms with Crippen LogP contribution in [0.2, 0.25) is 0 Å². The summed E-state index contributed by atoms with van der Waals surface area (Å²) in [5, 5.41) is 11.7. The Morgan fingerprint density at radius 3 is 2.17 bits per heavy atom. The van der Waals surface area contributed by atoms with Crippen LogP contribution < -0.4 is 19.1 Å². The fraction of sp³-hybridized carbons (Fsp3) is 0.353. The number of anilines is 1. The Hall–Kier alpha value is -4.26. The summed E-state index contributed by atoms with van der Waals surface area (Å²) in [5.74, 6) is -0.277. The summed E-state index contributed by atoms with van der Waals surface area (Å²) in [7, 11) is 0. The van der Waals surface area contributed by atoms with Crippen LogP contribution in [0.5, 0.6) is 17.2 Å². The molecule has 4 rings (SSSR count). The molecule has 1 amide bonds. The lowest BCUT2D eigenvalue weighted by Crippen LogP contribution is -2.29. The van der Waals surface area contributed by atoms with Gasteiger partial charge in [-0.2, -0.15) is 0 Å². The maximum atomic E-state index is 13.7. The van der Waals surface area contributed by atoms with Crippen molar-refractivity contribution in [1.82, 2.24) is 0 Å². The maximum absolute atomic E-state index is 13.7. The van der Waals surface area contributed by atoms with Gasteiger partial charge in [0.05, 0.1) is 37.0 Å². The van der Waals surface area contributed by atoms with E-state index in [4.69, 9.17) is 14.2 Å². The maximum Gasteiger partial charge on any atom is 0.300 e. The molecule has 1 aliphatic rings. The first kappa shape index (κ1) is 29.7. The average molecular weight is 558 g/mol. The average Bonchev–Trinajstić information content (AvgIpc) is 3.22. The summed E-state index contributed by atoms with van der Waals surface area (Å²) < 4.78 is 17.3. The van der Waals surface area contributed by atoms with Gasteiger partial charge in [0, 0.05) is 17.8 Å². The van der Waals surface area contributed by atoms with Gasteiger partial charge in [0.2, 0.25) is 0 Å². The second-order valence-corrected chi connectivity index (χ2v) is 10.9. The van der Waals surface area contributed by atoms with E-state index in [1.54, 1.807) is 36.4 Å². The number of aliphatic hydroxyl groups excluding tert-OH is 1. The molecule has 1 heterocycles. The van der Waals surface area contributed by atoms with Gasteiger partial charge < -0.3 is 19.3 Å². The Morgan fingerprint density at radius 1 is 0.854 bits per heavy atom. The molecule has 1 unspecified atom stereocenters. The zero-order chi connectivity index (χ0) is 29.7. The van der Waals surface area contributed by atoms with E-state index in [0.29, 0.717) is 53.9 Å². The fourth-order valence-corrected chi connectivity index (χ4v) is 4.90. The lowest BCUT2D eigenvalue weighted by atomic mass is 9.85. The van der Waals surface area contributed by atoms with Crippen molar-refractivity contribution in [2.24, 2.45) is 0 Å². The number of Topliss-reactive ketones (excluding diaryl/α,β-unsaturated/α-hetero) is 1. The number of carbonyl (C=O) groups is 2. The molecule has 41 heavy (non-hydrogen) atoms. The van der Waals surface area contributed by atoms with E-state index in [1.807, 2.05) is 51.1 Å². The summed E-state index contributed by atoms with van der Waals surface area (Å²) in [6.45, 7) is 13.4. The number of carbonyl (C=O) groups excluding carboxylic acids is 2. The minimum atomic E-state index is -0.869. The number of ketones is 1. The van der Waals surface area contributed by atoms with Crippen molar-refractivity contribution in [2.45, 2.75) is 59.4 Å².